The highest BCUT2D eigenvalue weighted by Crippen LogP contribution is 2.43. The molecule has 0 amide bonds. The second-order valence-electron chi connectivity index (χ2n) is 8.47. The minimum Gasteiger partial charge on any atom is -0.477 e. The molecule has 2 aromatic rings. The van der Waals surface area contributed by atoms with Gasteiger partial charge in [0.1, 0.15) is 4.88 Å². The third-order valence-corrected chi connectivity index (χ3v) is 7.56. The van der Waals surface area contributed by atoms with Crippen molar-refractivity contribution in [3.05, 3.63) is 52.4 Å². The maximum Gasteiger partial charge on any atom is 0.346 e. The number of carboxylic acid groups (broad SMARTS) is 1. The average molecular weight is 396 g/mol. The first-order chi connectivity index (χ1) is 13.5. The molecule has 0 bridgehead atoms. The van der Waals surface area contributed by atoms with Gasteiger partial charge in [-0.25, -0.2) is 4.79 Å². The van der Waals surface area contributed by atoms with E-state index >= 15 is 0 Å². The first kappa shape index (κ1) is 19.4. The normalized spacial score (nSPS) is 23.8. The van der Waals surface area contributed by atoms with Crippen LogP contribution in [-0.4, -0.2) is 36.1 Å². The summed E-state index contributed by atoms with van der Waals surface area (Å²) in [6.45, 7) is 4.33. The molecule has 0 saturated heterocycles. The van der Waals surface area contributed by atoms with E-state index in [2.05, 4.69) is 37.1 Å². The Kier molecular flexibility index (Phi) is 5.70. The SMILES string of the molecule is CC1CCC(C2=C(c3cc(-c4ccccc4)sc3C(=O)O)CCN(C)C2)CC1. The molecular weight excluding hydrogens is 366 g/mol. The molecule has 4 rings (SSSR count). The molecule has 1 fully saturated rings. The van der Waals surface area contributed by atoms with E-state index in [0.29, 0.717) is 10.8 Å². The molecule has 1 N–H and O–H groups in total. The molecule has 1 aromatic carbocycles. The molecule has 1 aromatic heterocycles. The molecule has 28 heavy (non-hydrogen) atoms. The molecule has 2 aliphatic rings. The zero-order valence-electron chi connectivity index (χ0n) is 16.8. The van der Waals surface area contributed by atoms with E-state index in [0.717, 1.165) is 41.4 Å². The molecule has 1 saturated carbocycles. The maximum atomic E-state index is 12.1. The lowest BCUT2D eigenvalue weighted by atomic mass is 9.75. The van der Waals surface area contributed by atoms with Gasteiger partial charge in [0.25, 0.3) is 0 Å². The average Bonchev–Trinajstić information content (AvgIpc) is 3.15. The van der Waals surface area contributed by atoms with Crippen LogP contribution < -0.4 is 0 Å². The summed E-state index contributed by atoms with van der Waals surface area (Å²) in [5.74, 6) is 0.628. The number of benzene rings is 1. The van der Waals surface area contributed by atoms with Gasteiger partial charge in [0.15, 0.2) is 0 Å². The smallest absolute Gasteiger partial charge is 0.346 e. The summed E-state index contributed by atoms with van der Waals surface area (Å²) in [6.07, 6.45) is 6.01. The molecule has 0 unspecified atom stereocenters. The van der Waals surface area contributed by atoms with Gasteiger partial charge in [-0.3, -0.25) is 0 Å². The minimum absolute atomic E-state index is 0.500. The monoisotopic (exact) mass is 395 g/mol. The Morgan fingerprint density at radius 2 is 1.86 bits per heavy atom. The minimum atomic E-state index is -0.801. The van der Waals surface area contributed by atoms with Crippen LogP contribution in [-0.2, 0) is 0 Å². The quantitative estimate of drug-likeness (QED) is 0.687. The number of carbonyl (C=O) groups is 1. The molecule has 148 valence electrons. The lowest BCUT2D eigenvalue weighted by Gasteiger charge is -2.35. The summed E-state index contributed by atoms with van der Waals surface area (Å²) in [4.78, 5) is 16.0. The molecule has 1 aliphatic carbocycles. The Hall–Kier alpha value is -1.91. The van der Waals surface area contributed by atoms with Crippen molar-refractivity contribution in [1.82, 2.24) is 4.90 Å². The summed E-state index contributed by atoms with van der Waals surface area (Å²) in [5, 5.41) is 9.92. The molecule has 1 aliphatic heterocycles. The van der Waals surface area contributed by atoms with E-state index in [1.165, 1.54) is 48.2 Å². The summed E-state index contributed by atoms with van der Waals surface area (Å²) in [6, 6.07) is 12.3. The number of aromatic carboxylic acids is 1. The standard InChI is InChI=1S/C24H29NO2S/c1-16-8-10-17(11-9-16)21-15-25(2)13-12-19(21)20-14-22(28-23(20)24(26)27)18-6-4-3-5-7-18/h3-7,14,16-17H,8-13,15H2,1-2H3,(H,26,27). The number of hydrogen-bond acceptors (Lipinski definition) is 3. The van der Waals surface area contributed by atoms with Crippen LogP contribution in [0.3, 0.4) is 0 Å². The topological polar surface area (TPSA) is 40.5 Å². The van der Waals surface area contributed by atoms with Gasteiger partial charge in [-0.1, -0.05) is 50.1 Å². The van der Waals surface area contributed by atoms with E-state index in [4.69, 9.17) is 0 Å². The van der Waals surface area contributed by atoms with E-state index in [1.807, 2.05) is 18.2 Å². The van der Waals surface area contributed by atoms with E-state index < -0.39 is 5.97 Å². The zero-order valence-corrected chi connectivity index (χ0v) is 17.6. The van der Waals surface area contributed by atoms with Gasteiger partial charge in [-0.2, -0.15) is 0 Å². The van der Waals surface area contributed by atoms with Crippen LogP contribution in [0.2, 0.25) is 0 Å². The van der Waals surface area contributed by atoms with Gasteiger partial charge < -0.3 is 10.0 Å². The van der Waals surface area contributed by atoms with Crippen LogP contribution in [0, 0.1) is 11.8 Å². The number of rotatable bonds is 4. The van der Waals surface area contributed by atoms with Crippen molar-refractivity contribution in [3.8, 4) is 10.4 Å². The van der Waals surface area contributed by atoms with Gasteiger partial charge in [-0.05, 0) is 60.9 Å². The third-order valence-electron chi connectivity index (χ3n) is 6.39. The Labute approximate surface area is 171 Å². The summed E-state index contributed by atoms with van der Waals surface area (Å²) in [7, 11) is 2.18. The van der Waals surface area contributed by atoms with E-state index in [-0.39, 0.29) is 0 Å². The summed E-state index contributed by atoms with van der Waals surface area (Å²) < 4.78 is 0. The van der Waals surface area contributed by atoms with Crippen molar-refractivity contribution >= 4 is 22.9 Å². The summed E-state index contributed by atoms with van der Waals surface area (Å²) >= 11 is 1.42. The van der Waals surface area contributed by atoms with Crippen LogP contribution in [0.5, 0.6) is 0 Å². The number of nitrogens with zero attached hydrogens (tertiary/aromatic N) is 1. The highest BCUT2D eigenvalue weighted by molar-refractivity contribution is 7.17. The maximum absolute atomic E-state index is 12.1. The molecule has 2 heterocycles. The second kappa shape index (κ2) is 8.22. The Balaban J connectivity index is 1.79. The first-order valence-electron chi connectivity index (χ1n) is 10.4. The van der Waals surface area contributed by atoms with Crippen molar-refractivity contribution in [2.75, 3.05) is 20.1 Å². The van der Waals surface area contributed by atoms with Gasteiger partial charge in [-0.15, -0.1) is 11.3 Å². The lowest BCUT2D eigenvalue weighted by molar-refractivity contribution is 0.0702. The van der Waals surface area contributed by atoms with Crippen LogP contribution in [0.25, 0.3) is 16.0 Å². The predicted octanol–water partition coefficient (Wildman–Crippen LogP) is 6.03. The fourth-order valence-electron chi connectivity index (χ4n) is 4.74. The van der Waals surface area contributed by atoms with Crippen molar-refractivity contribution in [2.45, 2.75) is 39.0 Å². The van der Waals surface area contributed by atoms with E-state index in [1.54, 1.807) is 0 Å². The highest BCUT2D eigenvalue weighted by Gasteiger charge is 2.30. The van der Waals surface area contributed by atoms with Crippen LogP contribution in [0.4, 0.5) is 0 Å². The lowest BCUT2D eigenvalue weighted by Crippen LogP contribution is -2.31. The van der Waals surface area contributed by atoms with Crippen LogP contribution in [0.1, 0.15) is 54.3 Å². The first-order valence-corrected chi connectivity index (χ1v) is 11.2. The van der Waals surface area contributed by atoms with Crippen molar-refractivity contribution in [3.63, 3.8) is 0 Å². The summed E-state index contributed by atoms with van der Waals surface area (Å²) in [5.41, 5.74) is 4.88. The Morgan fingerprint density at radius 3 is 2.54 bits per heavy atom. The largest absolute Gasteiger partial charge is 0.477 e. The van der Waals surface area contributed by atoms with Crippen molar-refractivity contribution in [2.24, 2.45) is 11.8 Å². The van der Waals surface area contributed by atoms with Crippen LogP contribution >= 0.6 is 11.3 Å². The van der Waals surface area contributed by atoms with Gasteiger partial charge >= 0.3 is 5.97 Å². The van der Waals surface area contributed by atoms with Gasteiger partial charge in [0.05, 0.1) is 0 Å². The number of hydrogen-bond donors (Lipinski definition) is 1. The molecule has 0 atom stereocenters. The van der Waals surface area contributed by atoms with Gasteiger partial charge in [0.2, 0.25) is 0 Å². The number of likely N-dealkylation sites (N-methyl/N-ethyl adjacent to an activating group) is 1. The fraction of sp³-hybridized carbons (Fsp3) is 0.458. The molecule has 0 radical (unpaired) electrons. The third kappa shape index (κ3) is 3.94. The Bertz CT molecular complexity index is 875. The van der Waals surface area contributed by atoms with Crippen molar-refractivity contribution in [1.29, 1.82) is 0 Å². The van der Waals surface area contributed by atoms with Crippen LogP contribution in [0.15, 0.2) is 42.0 Å². The van der Waals surface area contributed by atoms with E-state index in [9.17, 15) is 9.90 Å². The molecule has 4 heteroatoms. The molecule has 3 nitrogen and oxygen atoms in total. The zero-order chi connectivity index (χ0) is 19.7. The predicted molar refractivity (Wildman–Crippen MR) is 117 cm³/mol. The number of thiophene rings is 1. The number of carboxylic acids is 1. The second-order valence-corrected chi connectivity index (χ2v) is 9.53. The highest BCUT2D eigenvalue weighted by atomic mass is 32.1. The molecule has 0 spiro atoms. The molecular formula is C24H29NO2S. The van der Waals surface area contributed by atoms with Gasteiger partial charge in [0, 0.05) is 23.5 Å². The van der Waals surface area contributed by atoms with Crippen molar-refractivity contribution < 1.29 is 9.90 Å². The Morgan fingerprint density at radius 1 is 1.14 bits per heavy atom. The fourth-order valence-corrected chi connectivity index (χ4v) is 5.77.